The van der Waals surface area contributed by atoms with E-state index in [-0.39, 0.29) is 11.9 Å². The van der Waals surface area contributed by atoms with Gasteiger partial charge in [-0.2, -0.15) is 0 Å². The number of anilines is 2. The molecule has 0 fully saturated rings. The van der Waals surface area contributed by atoms with Crippen molar-refractivity contribution in [2.75, 3.05) is 18.2 Å². The Morgan fingerprint density at radius 2 is 1.96 bits per heavy atom. The number of rotatable bonds is 8. The average Bonchev–Trinajstić information content (AvgIpc) is 3.01. The molecule has 1 aromatic heterocycles. The molecule has 1 aromatic carbocycles. The molecule has 0 aliphatic rings. The van der Waals surface area contributed by atoms with Gasteiger partial charge in [0.25, 0.3) is 0 Å². The first-order chi connectivity index (χ1) is 11.5. The molecular weight excluding hydrogens is 344 g/mol. The maximum absolute atomic E-state index is 11.9. The van der Waals surface area contributed by atoms with Gasteiger partial charge in [0.05, 0.1) is 12.9 Å². The third-order valence-corrected chi connectivity index (χ3v) is 5.44. The van der Waals surface area contributed by atoms with E-state index in [4.69, 9.17) is 4.74 Å². The summed E-state index contributed by atoms with van der Waals surface area (Å²) in [5.41, 5.74) is 0.909. The molecular formula is C16H22N4O2S2. The Balaban J connectivity index is 1.83. The Kier molecular flexibility index (Phi) is 6.86. The zero-order chi connectivity index (χ0) is 17.5. The van der Waals surface area contributed by atoms with Crippen LogP contribution in [0.4, 0.5) is 10.8 Å². The number of carbonyl (C=O) groups is 1. The van der Waals surface area contributed by atoms with Gasteiger partial charge in [-0.25, -0.2) is 0 Å². The number of nitrogens with zero attached hydrogens (tertiary/aromatic N) is 2. The minimum Gasteiger partial charge on any atom is -0.497 e. The lowest BCUT2D eigenvalue weighted by atomic mass is 10.1. The number of aromatic nitrogens is 2. The van der Waals surface area contributed by atoms with Gasteiger partial charge < -0.3 is 15.4 Å². The molecule has 24 heavy (non-hydrogen) atoms. The summed E-state index contributed by atoms with van der Waals surface area (Å²) in [6.45, 7) is 6.18. The van der Waals surface area contributed by atoms with Gasteiger partial charge >= 0.3 is 0 Å². The smallest absolute Gasteiger partial charge is 0.230 e. The first-order valence-electron chi connectivity index (χ1n) is 7.64. The molecule has 130 valence electrons. The van der Waals surface area contributed by atoms with Crippen molar-refractivity contribution in [1.82, 2.24) is 15.5 Å². The predicted molar refractivity (Wildman–Crippen MR) is 99.4 cm³/mol. The second kappa shape index (κ2) is 8.89. The van der Waals surface area contributed by atoms with Crippen LogP contribution in [0.1, 0.15) is 20.8 Å². The van der Waals surface area contributed by atoms with E-state index in [0.717, 1.165) is 15.8 Å². The van der Waals surface area contributed by atoms with Crippen LogP contribution in [0.5, 0.6) is 5.75 Å². The number of benzene rings is 1. The number of ether oxygens (including phenoxy) is 1. The van der Waals surface area contributed by atoms with Crippen molar-refractivity contribution in [3.8, 4) is 5.75 Å². The molecule has 2 N–H and O–H groups in total. The van der Waals surface area contributed by atoms with Crippen LogP contribution >= 0.6 is 23.1 Å². The summed E-state index contributed by atoms with van der Waals surface area (Å²) in [6.07, 6.45) is 0. The normalized spacial score (nSPS) is 12.0. The van der Waals surface area contributed by atoms with E-state index >= 15 is 0 Å². The lowest BCUT2D eigenvalue weighted by molar-refractivity contribution is -0.119. The van der Waals surface area contributed by atoms with Crippen molar-refractivity contribution in [2.24, 2.45) is 5.92 Å². The molecule has 0 aliphatic heterocycles. The summed E-state index contributed by atoms with van der Waals surface area (Å²) in [7, 11) is 1.63. The van der Waals surface area contributed by atoms with Crippen LogP contribution in [0.2, 0.25) is 0 Å². The molecule has 1 heterocycles. The van der Waals surface area contributed by atoms with Crippen molar-refractivity contribution in [1.29, 1.82) is 0 Å². The molecule has 0 saturated heterocycles. The van der Waals surface area contributed by atoms with Crippen LogP contribution in [-0.2, 0) is 4.79 Å². The van der Waals surface area contributed by atoms with Crippen molar-refractivity contribution >= 4 is 39.8 Å². The summed E-state index contributed by atoms with van der Waals surface area (Å²) >= 11 is 2.82. The zero-order valence-corrected chi connectivity index (χ0v) is 15.8. The number of carbonyl (C=O) groups excluding carboxylic acids is 1. The Morgan fingerprint density at radius 1 is 1.25 bits per heavy atom. The molecule has 0 bridgehead atoms. The Hall–Kier alpha value is -1.80. The Labute approximate surface area is 150 Å². The lowest BCUT2D eigenvalue weighted by Gasteiger charge is -2.16. The van der Waals surface area contributed by atoms with Gasteiger partial charge in [0.1, 0.15) is 5.75 Å². The zero-order valence-electron chi connectivity index (χ0n) is 14.2. The molecule has 0 radical (unpaired) electrons. The van der Waals surface area contributed by atoms with E-state index in [9.17, 15) is 4.79 Å². The predicted octanol–water partition coefficient (Wildman–Crippen LogP) is 3.54. The number of amides is 1. The van der Waals surface area contributed by atoms with Crippen molar-refractivity contribution < 1.29 is 9.53 Å². The molecule has 1 atom stereocenters. The highest BCUT2D eigenvalue weighted by molar-refractivity contribution is 8.01. The molecule has 0 saturated carbocycles. The summed E-state index contributed by atoms with van der Waals surface area (Å²) in [5, 5.41) is 15.0. The summed E-state index contributed by atoms with van der Waals surface area (Å²) in [5.74, 6) is 1.58. The first kappa shape index (κ1) is 18.5. The minimum atomic E-state index is 0.0149. The molecule has 6 nitrogen and oxygen atoms in total. The number of methoxy groups -OCH3 is 1. The van der Waals surface area contributed by atoms with Gasteiger partial charge in [-0.05, 0) is 37.1 Å². The second-order valence-corrected chi connectivity index (χ2v) is 7.82. The lowest BCUT2D eigenvalue weighted by Crippen LogP contribution is -2.37. The van der Waals surface area contributed by atoms with Gasteiger partial charge in [0.2, 0.25) is 11.0 Å². The maximum Gasteiger partial charge on any atom is 0.230 e. The molecule has 2 rings (SSSR count). The van der Waals surface area contributed by atoms with E-state index in [1.54, 1.807) is 7.11 Å². The molecule has 0 unspecified atom stereocenters. The fraction of sp³-hybridized carbons (Fsp3) is 0.438. The fourth-order valence-electron chi connectivity index (χ4n) is 1.71. The van der Waals surface area contributed by atoms with E-state index in [0.29, 0.717) is 16.8 Å². The van der Waals surface area contributed by atoms with Crippen LogP contribution in [0.25, 0.3) is 0 Å². The highest BCUT2D eigenvalue weighted by atomic mass is 32.2. The van der Waals surface area contributed by atoms with Gasteiger partial charge in [0.15, 0.2) is 4.34 Å². The molecule has 0 aliphatic carbocycles. The average molecular weight is 367 g/mol. The van der Waals surface area contributed by atoms with Crippen LogP contribution in [0.15, 0.2) is 28.6 Å². The van der Waals surface area contributed by atoms with Gasteiger partial charge in [0, 0.05) is 11.7 Å². The number of nitrogens with one attached hydrogen (secondary N) is 2. The Bertz CT molecular complexity index is 658. The fourth-order valence-corrected chi connectivity index (χ4v) is 3.29. The quantitative estimate of drug-likeness (QED) is 0.696. The van der Waals surface area contributed by atoms with Crippen molar-refractivity contribution in [3.05, 3.63) is 24.3 Å². The van der Waals surface area contributed by atoms with E-state index in [1.807, 2.05) is 31.2 Å². The van der Waals surface area contributed by atoms with Crippen molar-refractivity contribution in [3.63, 3.8) is 0 Å². The first-order valence-corrected chi connectivity index (χ1v) is 9.45. The van der Waals surface area contributed by atoms with Crippen LogP contribution in [-0.4, -0.2) is 35.0 Å². The van der Waals surface area contributed by atoms with E-state index in [1.165, 1.54) is 23.1 Å². The standard InChI is InChI=1S/C16H22N4O2S2/c1-10(2)11(3)17-14(21)9-23-16-20-19-15(24-16)18-12-5-7-13(22-4)8-6-12/h5-8,10-11H,9H2,1-4H3,(H,17,21)(H,18,19)/t11-/m1/s1. The van der Waals surface area contributed by atoms with E-state index < -0.39 is 0 Å². The molecule has 1 amide bonds. The summed E-state index contributed by atoms with van der Waals surface area (Å²) in [6, 6.07) is 7.74. The summed E-state index contributed by atoms with van der Waals surface area (Å²) in [4.78, 5) is 11.9. The van der Waals surface area contributed by atoms with Crippen LogP contribution < -0.4 is 15.4 Å². The number of thioether (sulfide) groups is 1. The van der Waals surface area contributed by atoms with E-state index in [2.05, 4.69) is 34.7 Å². The maximum atomic E-state index is 11.9. The van der Waals surface area contributed by atoms with Gasteiger partial charge in [-0.15, -0.1) is 10.2 Å². The summed E-state index contributed by atoms with van der Waals surface area (Å²) < 4.78 is 5.89. The largest absolute Gasteiger partial charge is 0.497 e. The van der Waals surface area contributed by atoms with Gasteiger partial charge in [-0.1, -0.05) is 36.9 Å². The second-order valence-electron chi connectivity index (χ2n) is 5.62. The number of hydrogen-bond acceptors (Lipinski definition) is 7. The SMILES string of the molecule is COc1ccc(Nc2nnc(SCC(=O)N[C@H](C)C(C)C)s2)cc1. The molecule has 8 heteroatoms. The topological polar surface area (TPSA) is 76.1 Å². The third-order valence-electron chi connectivity index (χ3n) is 3.46. The highest BCUT2D eigenvalue weighted by Crippen LogP contribution is 2.28. The van der Waals surface area contributed by atoms with Gasteiger partial charge in [-0.3, -0.25) is 4.79 Å². The van der Waals surface area contributed by atoms with Crippen LogP contribution in [0, 0.1) is 5.92 Å². The molecule has 2 aromatic rings. The van der Waals surface area contributed by atoms with Crippen molar-refractivity contribution in [2.45, 2.75) is 31.2 Å². The van der Waals surface area contributed by atoms with Crippen LogP contribution in [0.3, 0.4) is 0 Å². The monoisotopic (exact) mass is 366 g/mol. The number of hydrogen-bond donors (Lipinski definition) is 2. The molecule has 0 spiro atoms. The minimum absolute atomic E-state index is 0.0149. The highest BCUT2D eigenvalue weighted by Gasteiger charge is 2.12. The third kappa shape index (κ3) is 5.68. The Morgan fingerprint density at radius 3 is 2.58 bits per heavy atom.